The molecule has 0 aliphatic carbocycles. The molecule has 0 unspecified atom stereocenters. The van der Waals surface area contributed by atoms with E-state index in [9.17, 15) is 4.79 Å². The van der Waals surface area contributed by atoms with Gasteiger partial charge in [-0.05, 0) is 17.7 Å². The molecule has 0 radical (unpaired) electrons. The Kier molecular flexibility index (Phi) is 4.07. The number of rotatable bonds is 3. The van der Waals surface area contributed by atoms with Crippen LogP contribution in [0.3, 0.4) is 0 Å². The van der Waals surface area contributed by atoms with Gasteiger partial charge in [0.05, 0.1) is 19.2 Å². The van der Waals surface area contributed by atoms with Gasteiger partial charge in [-0.1, -0.05) is 41.9 Å². The van der Waals surface area contributed by atoms with Crippen LogP contribution >= 0.6 is 11.6 Å². The number of esters is 1. The number of methoxy groups -OCH3 is 2. The minimum absolute atomic E-state index is 0.244. The molecule has 0 saturated carbocycles. The van der Waals surface area contributed by atoms with Crippen LogP contribution in [0, 0.1) is 0 Å². The zero-order valence-electron chi connectivity index (χ0n) is 10.6. The number of ether oxygens (including phenoxy) is 2. The number of carbonyl (C=O) groups is 1. The Morgan fingerprint density at radius 1 is 1.05 bits per heavy atom. The average molecular weight is 277 g/mol. The topological polar surface area (TPSA) is 35.5 Å². The minimum Gasteiger partial charge on any atom is -0.496 e. The fourth-order valence-corrected chi connectivity index (χ4v) is 2.20. The number of carbonyl (C=O) groups excluding carboxylic acids is 1. The SMILES string of the molecule is COC(=O)c1c(OC)ccc(-c2ccccc2)c1Cl. The van der Waals surface area contributed by atoms with Gasteiger partial charge in [-0.25, -0.2) is 4.79 Å². The standard InChI is InChI=1S/C15H13ClO3/c1-18-12-9-8-11(10-6-4-3-5-7-10)14(16)13(12)15(17)19-2/h3-9H,1-2H3. The summed E-state index contributed by atoms with van der Waals surface area (Å²) >= 11 is 6.32. The summed E-state index contributed by atoms with van der Waals surface area (Å²) in [5, 5.41) is 0.331. The van der Waals surface area contributed by atoms with Crippen LogP contribution in [0.2, 0.25) is 5.02 Å². The highest BCUT2D eigenvalue weighted by molar-refractivity contribution is 6.36. The van der Waals surface area contributed by atoms with Gasteiger partial charge in [0.1, 0.15) is 11.3 Å². The molecule has 0 fully saturated rings. The van der Waals surface area contributed by atoms with E-state index >= 15 is 0 Å². The number of hydrogen-bond donors (Lipinski definition) is 0. The maximum absolute atomic E-state index is 11.8. The van der Waals surface area contributed by atoms with Gasteiger partial charge >= 0.3 is 5.97 Å². The predicted octanol–water partition coefficient (Wildman–Crippen LogP) is 3.80. The monoisotopic (exact) mass is 276 g/mol. The first-order valence-corrected chi connectivity index (χ1v) is 6.07. The third-order valence-corrected chi connectivity index (χ3v) is 3.19. The van der Waals surface area contributed by atoms with Crippen LogP contribution in [0.25, 0.3) is 11.1 Å². The van der Waals surface area contributed by atoms with Crippen molar-refractivity contribution in [2.45, 2.75) is 0 Å². The van der Waals surface area contributed by atoms with Crippen LogP contribution in [0.1, 0.15) is 10.4 Å². The third kappa shape index (κ3) is 2.56. The molecule has 2 aromatic carbocycles. The number of hydrogen-bond acceptors (Lipinski definition) is 3. The Morgan fingerprint density at radius 2 is 1.74 bits per heavy atom. The van der Waals surface area contributed by atoms with Crippen LogP contribution in [0.15, 0.2) is 42.5 Å². The first-order valence-electron chi connectivity index (χ1n) is 5.69. The van der Waals surface area contributed by atoms with Crippen molar-refractivity contribution >= 4 is 17.6 Å². The normalized spacial score (nSPS) is 10.1. The second kappa shape index (κ2) is 5.76. The van der Waals surface area contributed by atoms with Crippen molar-refractivity contribution in [2.24, 2.45) is 0 Å². The van der Waals surface area contributed by atoms with Gasteiger partial charge in [0.2, 0.25) is 0 Å². The summed E-state index contributed by atoms with van der Waals surface area (Å²) in [6, 6.07) is 13.1. The molecule has 0 aromatic heterocycles. The molecule has 0 saturated heterocycles. The molecule has 4 heteroatoms. The Bertz CT molecular complexity index is 594. The molecule has 2 aromatic rings. The molecular formula is C15H13ClO3. The van der Waals surface area contributed by atoms with Crippen LogP contribution in [-0.4, -0.2) is 20.2 Å². The summed E-state index contributed by atoms with van der Waals surface area (Å²) in [6.45, 7) is 0. The van der Waals surface area contributed by atoms with Gasteiger partial charge in [-0.2, -0.15) is 0 Å². The maximum atomic E-state index is 11.8. The lowest BCUT2D eigenvalue weighted by Gasteiger charge is -2.12. The van der Waals surface area contributed by atoms with Crippen molar-refractivity contribution in [3.63, 3.8) is 0 Å². The average Bonchev–Trinajstić information content (AvgIpc) is 2.47. The largest absolute Gasteiger partial charge is 0.496 e. The molecule has 0 amide bonds. The first-order chi connectivity index (χ1) is 9.19. The van der Waals surface area contributed by atoms with Gasteiger partial charge in [0.15, 0.2) is 0 Å². The van der Waals surface area contributed by atoms with Crippen molar-refractivity contribution in [1.29, 1.82) is 0 Å². The van der Waals surface area contributed by atoms with E-state index in [1.807, 2.05) is 36.4 Å². The summed E-state index contributed by atoms with van der Waals surface area (Å²) in [4.78, 5) is 11.8. The van der Waals surface area contributed by atoms with Crippen LogP contribution < -0.4 is 4.74 Å². The highest BCUT2D eigenvalue weighted by Gasteiger charge is 2.20. The summed E-state index contributed by atoms with van der Waals surface area (Å²) in [5.74, 6) is -0.115. The van der Waals surface area contributed by atoms with Crippen molar-refractivity contribution in [1.82, 2.24) is 0 Å². The quantitative estimate of drug-likeness (QED) is 0.800. The molecule has 0 atom stereocenters. The predicted molar refractivity (Wildman–Crippen MR) is 74.8 cm³/mol. The van der Waals surface area contributed by atoms with E-state index in [4.69, 9.17) is 21.1 Å². The van der Waals surface area contributed by atoms with E-state index in [0.29, 0.717) is 10.8 Å². The molecule has 98 valence electrons. The highest BCUT2D eigenvalue weighted by Crippen LogP contribution is 2.36. The molecule has 2 rings (SSSR count). The van der Waals surface area contributed by atoms with Gasteiger partial charge in [0.25, 0.3) is 0 Å². The fourth-order valence-electron chi connectivity index (χ4n) is 1.86. The number of halogens is 1. The summed E-state index contributed by atoms with van der Waals surface area (Å²) < 4.78 is 9.90. The van der Waals surface area contributed by atoms with E-state index < -0.39 is 5.97 Å². The molecule has 0 N–H and O–H groups in total. The third-order valence-electron chi connectivity index (χ3n) is 2.80. The highest BCUT2D eigenvalue weighted by atomic mass is 35.5. The van der Waals surface area contributed by atoms with Crippen LogP contribution in [-0.2, 0) is 4.74 Å². The summed E-state index contributed by atoms with van der Waals surface area (Å²) in [6.07, 6.45) is 0. The zero-order valence-corrected chi connectivity index (χ0v) is 11.4. The van der Waals surface area contributed by atoms with E-state index in [0.717, 1.165) is 11.1 Å². The molecule has 3 nitrogen and oxygen atoms in total. The van der Waals surface area contributed by atoms with E-state index in [-0.39, 0.29) is 5.56 Å². The Labute approximate surface area is 116 Å². The smallest absolute Gasteiger partial charge is 0.343 e. The molecular weight excluding hydrogens is 264 g/mol. The Hall–Kier alpha value is -2.00. The lowest BCUT2D eigenvalue weighted by molar-refractivity contribution is 0.0597. The van der Waals surface area contributed by atoms with Crippen molar-refractivity contribution in [2.75, 3.05) is 14.2 Å². The summed E-state index contributed by atoms with van der Waals surface area (Å²) in [5.41, 5.74) is 1.94. The molecule has 0 heterocycles. The fraction of sp³-hybridized carbons (Fsp3) is 0.133. The van der Waals surface area contributed by atoms with Gasteiger partial charge < -0.3 is 9.47 Å². The second-order valence-electron chi connectivity index (χ2n) is 3.86. The van der Waals surface area contributed by atoms with Gasteiger partial charge in [0, 0.05) is 5.56 Å². The van der Waals surface area contributed by atoms with Crippen LogP contribution in [0.5, 0.6) is 5.75 Å². The molecule has 0 spiro atoms. The molecule has 0 bridgehead atoms. The van der Waals surface area contributed by atoms with Crippen molar-refractivity contribution < 1.29 is 14.3 Å². The summed E-state index contributed by atoms with van der Waals surface area (Å²) in [7, 11) is 2.80. The molecule has 0 aliphatic heterocycles. The first kappa shape index (κ1) is 13.4. The second-order valence-corrected chi connectivity index (χ2v) is 4.24. The molecule has 19 heavy (non-hydrogen) atoms. The lowest BCUT2D eigenvalue weighted by atomic mass is 10.0. The molecule has 0 aliphatic rings. The van der Waals surface area contributed by atoms with Gasteiger partial charge in [-0.15, -0.1) is 0 Å². The van der Waals surface area contributed by atoms with Gasteiger partial charge in [-0.3, -0.25) is 0 Å². The minimum atomic E-state index is -0.514. The maximum Gasteiger partial charge on any atom is 0.343 e. The van der Waals surface area contributed by atoms with Crippen molar-refractivity contribution in [3.05, 3.63) is 53.1 Å². The Morgan fingerprint density at radius 3 is 2.32 bits per heavy atom. The van der Waals surface area contributed by atoms with Crippen LogP contribution in [0.4, 0.5) is 0 Å². The lowest BCUT2D eigenvalue weighted by Crippen LogP contribution is -2.05. The van der Waals surface area contributed by atoms with E-state index in [1.54, 1.807) is 6.07 Å². The van der Waals surface area contributed by atoms with Crippen molar-refractivity contribution in [3.8, 4) is 16.9 Å². The van der Waals surface area contributed by atoms with E-state index in [2.05, 4.69) is 0 Å². The van der Waals surface area contributed by atoms with E-state index in [1.165, 1.54) is 14.2 Å². The number of benzene rings is 2. The Balaban J connectivity index is 2.63. The zero-order chi connectivity index (χ0) is 13.8.